The molecule has 2 saturated heterocycles. The van der Waals surface area contributed by atoms with Crippen molar-refractivity contribution in [2.75, 3.05) is 37.1 Å². The number of aryl methyl sites for hydroxylation is 1. The van der Waals surface area contributed by atoms with Gasteiger partial charge in [-0.15, -0.1) is 47.3 Å². The lowest BCUT2D eigenvalue weighted by molar-refractivity contribution is -0.140. The number of alkyl halides is 6. The van der Waals surface area contributed by atoms with E-state index in [0.29, 0.717) is 72.0 Å². The van der Waals surface area contributed by atoms with Crippen molar-refractivity contribution < 1.29 is 49.7 Å². The maximum atomic E-state index is 14.0. The first-order valence-corrected chi connectivity index (χ1v) is 24.8. The summed E-state index contributed by atoms with van der Waals surface area (Å²) in [4.78, 5) is 26.8. The number of fused-ring (bicyclic) bond motifs is 2. The molecule has 6 heterocycles. The molecule has 0 spiro atoms. The summed E-state index contributed by atoms with van der Waals surface area (Å²) in [5.41, 5.74) is 0.471. The van der Waals surface area contributed by atoms with Gasteiger partial charge < -0.3 is 25.2 Å². The van der Waals surface area contributed by atoms with Crippen LogP contribution in [0.15, 0.2) is 97.3 Å². The molecule has 2 fully saturated rings. The molecule has 8 aromatic rings. The number of hydrogen-bond donors (Lipinski definition) is 3. The summed E-state index contributed by atoms with van der Waals surface area (Å²) in [6, 6.07) is 19.1. The molecule has 376 valence electrons. The zero-order valence-electron chi connectivity index (χ0n) is 37.6. The van der Waals surface area contributed by atoms with Crippen molar-refractivity contribution in [1.29, 1.82) is 0 Å². The number of nitrogens with zero attached hydrogens (tertiary/aromatic N) is 8. The molecule has 0 radical (unpaired) electrons. The Labute approximate surface area is 430 Å². The fourth-order valence-corrected chi connectivity index (χ4v) is 8.00. The maximum absolute atomic E-state index is 14.0. The Kier molecular flexibility index (Phi) is 16.5. The number of ether oxygens (including phenoxy) is 2. The molecule has 72 heavy (non-hydrogen) atoms. The van der Waals surface area contributed by atoms with Crippen molar-refractivity contribution >= 4 is 84.4 Å². The Bertz CT molecular complexity index is 2980. The fraction of sp³-hybridized carbons (Fsp3) is 0.277. The van der Waals surface area contributed by atoms with Gasteiger partial charge in [-0.05, 0) is 111 Å². The minimum absolute atomic E-state index is 0.0435. The van der Waals surface area contributed by atoms with Gasteiger partial charge in [0.15, 0.2) is 0 Å². The van der Waals surface area contributed by atoms with Crippen LogP contribution in [0.4, 0.5) is 47.0 Å². The topological polar surface area (TPSA) is 150 Å². The number of benzene rings is 4. The minimum atomic E-state index is -4.87. The molecule has 10 rings (SSSR count). The summed E-state index contributed by atoms with van der Waals surface area (Å²) in [6.07, 6.45) is -3.37. The highest BCUT2D eigenvalue weighted by Crippen LogP contribution is 2.38. The summed E-state index contributed by atoms with van der Waals surface area (Å²) >= 11 is 9.31. The van der Waals surface area contributed by atoms with Gasteiger partial charge in [-0.2, -0.15) is 36.3 Å². The second-order valence-corrected chi connectivity index (χ2v) is 22.8. The van der Waals surface area contributed by atoms with Crippen LogP contribution in [-0.4, -0.2) is 85.8 Å². The van der Waals surface area contributed by atoms with E-state index in [1.807, 2.05) is 19.1 Å². The van der Waals surface area contributed by atoms with Gasteiger partial charge in [-0.3, -0.25) is 9.13 Å². The van der Waals surface area contributed by atoms with E-state index in [4.69, 9.17) is 9.47 Å². The summed E-state index contributed by atoms with van der Waals surface area (Å²) < 4.78 is 122. The van der Waals surface area contributed by atoms with E-state index in [1.54, 1.807) is 35.0 Å². The number of aromatic nitrogens is 8. The molecule has 2 aliphatic rings. The molecule has 0 bridgehead atoms. The van der Waals surface area contributed by atoms with E-state index < -0.39 is 35.1 Å². The molecule has 2 aliphatic heterocycles. The van der Waals surface area contributed by atoms with E-state index in [-0.39, 0.29) is 43.8 Å². The highest BCUT2D eigenvalue weighted by Gasteiger charge is 2.36. The van der Waals surface area contributed by atoms with Crippen molar-refractivity contribution in [3.8, 4) is 40.2 Å². The molecule has 0 unspecified atom stereocenters. The third kappa shape index (κ3) is 12.7. The standard InChI is InChI=1S/C24H21F4N5O.C23H19F4N5O2.BBr3/c1-14-2-5-19-20(12-14)33(21-6-9-29-23(32-21)30-16-7-10-34-11-8-16)22(31-19)15-3-4-18(25)17(13-15)24(26,27)28;24-17-3-1-13(11-16(17)23(25,26)27)21-30-18-4-2-15(33)12-19(18)32(21)20-5-8-28-22(31-20)29-14-6-9-34-10-7-14;2-1(3)4/h2-6,9,12-13,16H,7-8,10-11H2,1H3,(H,29,30,32);1-5,8,11-12,14,33H,6-7,9-10H2,(H,28,29,31);. The van der Waals surface area contributed by atoms with Crippen molar-refractivity contribution in [1.82, 2.24) is 39.0 Å². The zero-order chi connectivity index (χ0) is 51.3. The van der Waals surface area contributed by atoms with Crippen LogP contribution in [0, 0.1) is 18.6 Å². The third-order valence-corrected chi connectivity index (χ3v) is 11.4. The Morgan fingerprint density at radius 2 is 1.00 bits per heavy atom. The lowest BCUT2D eigenvalue weighted by atomic mass is 10.1. The molecule has 0 amide bonds. The number of phenolic OH excluding ortho intramolecular Hbond substituents is 1. The lowest BCUT2D eigenvalue weighted by Crippen LogP contribution is -2.28. The highest BCUT2D eigenvalue weighted by atomic mass is 79.9. The summed E-state index contributed by atoms with van der Waals surface area (Å²) in [7, 11) is 0. The molecule has 13 nitrogen and oxygen atoms in total. The first-order chi connectivity index (χ1) is 34.3. The highest BCUT2D eigenvalue weighted by molar-refractivity contribution is 9.69. The predicted octanol–water partition coefficient (Wildman–Crippen LogP) is 12.6. The van der Waals surface area contributed by atoms with Crippen molar-refractivity contribution in [3.63, 3.8) is 0 Å². The van der Waals surface area contributed by atoms with Crippen LogP contribution in [0.2, 0.25) is 0 Å². The average molecular weight is 1200 g/mol. The average Bonchev–Trinajstić information content (AvgIpc) is 3.90. The molecule has 0 saturated carbocycles. The number of aromatic hydroxyl groups is 1. The molecular formula is C47H40BBr3F8N10O3. The predicted molar refractivity (Wildman–Crippen MR) is 268 cm³/mol. The van der Waals surface area contributed by atoms with Gasteiger partial charge in [0, 0.05) is 68.1 Å². The molecular weight excluding hydrogens is 1160 g/mol. The Morgan fingerprint density at radius 1 is 0.583 bits per heavy atom. The van der Waals surface area contributed by atoms with E-state index in [1.165, 1.54) is 35.0 Å². The second kappa shape index (κ2) is 22.6. The number of imidazole rings is 2. The molecule has 25 heteroatoms. The Morgan fingerprint density at radius 3 is 1.43 bits per heavy atom. The number of halogens is 11. The number of phenols is 1. The monoisotopic (exact) mass is 1190 g/mol. The van der Waals surface area contributed by atoms with E-state index in [9.17, 15) is 40.2 Å². The number of nitrogens with one attached hydrogen (secondary N) is 2. The van der Waals surface area contributed by atoms with Crippen molar-refractivity contribution in [3.05, 3.63) is 126 Å². The van der Waals surface area contributed by atoms with Crippen molar-refractivity contribution in [2.24, 2.45) is 0 Å². The SMILES string of the molecule is BrB(Br)Br.Cc1ccc2nc(-c3ccc(F)c(C(F)(F)F)c3)n(-c3ccnc(NC4CCOCC4)n3)c2c1.Oc1ccc2nc(-c3ccc(F)c(C(F)(F)F)c3)n(-c3ccnc(NC4CCOCC4)n3)c2c1. The minimum Gasteiger partial charge on any atom is -0.508 e. The summed E-state index contributed by atoms with van der Waals surface area (Å²) in [5, 5.41) is 16.6. The van der Waals surface area contributed by atoms with Gasteiger partial charge in [0.05, 0.1) is 33.2 Å². The molecule has 0 atom stereocenters. The smallest absolute Gasteiger partial charge is 0.419 e. The first-order valence-electron chi connectivity index (χ1n) is 22.0. The Balaban J connectivity index is 0.000000179. The molecule has 0 aliphatic carbocycles. The quantitative estimate of drug-likeness (QED) is 0.0985. The van der Waals surface area contributed by atoms with E-state index in [0.717, 1.165) is 55.5 Å². The van der Waals surface area contributed by atoms with Gasteiger partial charge >= 0.3 is 15.5 Å². The number of hydrogen-bond acceptors (Lipinski definition) is 11. The molecule has 3 N–H and O–H groups in total. The molecule has 4 aromatic carbocycles. The van der Waals surface area contributed by atoms with E-state index >= 15 is 0 Å². The molecule has 4 aromatic heterocycles. The van der Waals surface area contributed by atoms with Crippen LogP contribution in [0.25, 0.3) is 56.5 Å². The van der Waals surface area contributed by atoms with Crippen LogP contribution >= 0.6 is 47.3 Å². The van der Waals surface area contributed by atoms with Crippen molar-refractivity contribution in [2.45, 2.75) is 57.0 Å². The zero-order valence-corrected chi connectivity index (χ0v) is 42.4. The van der Waals surface area contributed by atoms with Gasteiger partial charge in [0.1, 0.15) is 40.7 Å². The fourth-order valence-electron chi connectivity index (χ4n) is 8.00. The Hall–Kier alpha value is -5.76. The number of rotatable bonds is 8. The van der Waals surface area contributed by atoms with Gasteiger partial charge in [0.2, 0.25) is 11.9 Å². The third-order valence-electron chi connectivity index (χ3n) is 11.4. The van der Waals surface area contributed by atoms with Crippen LogP contribution in [-0.2, 0) is 21.8 Å². The van der Waals surface area contributed by atoms with Gasteiger partial charge in [-0.1, -0.05) is 6.07 Å². The second-order valence-electron chi connectivity index (χ2n) is 16.4. The van der Waals surface area contributed by atoms with Crippen LogP contribution in [0.5, 0.6) is 5.75 Å². The first kappa shape index (κ1) is 52.6. The van der Waals surface area contributed by atoms with Gasteiger partial charge in [0.25, 0.3) is 0 Å². The van der Waals surface area contributed by atoms with Crippen LogP contribution in [0.3, 0.4) is 0 Å². The largest absolute Gasteiger partial charge is 0.508 e. The van der Waals surface area contributed by atoms with Crippen LogP contribution in [0.1, 0.15) is 42.4 Å². The summed E-state index contributed by atoms with van der Waals surface area (Å²) in [6.45, 7) is 4.46. The normalized spacial score (nSPS) is 14.6. The lowest BCUT2D eigenvalue weighted by Gasteiger charge is -2.23. The van der Waals surface area contributed by atoms with Crippen LogP contribution < -0.4 is 10.6 Å². The maximum Gasteiger partial charge on any atom is 0.419 e. The van der Waals surface area contributed by atoms with E-state index in [2.05, 4.69) is 87.8 Å². The van der Waals surface area contributed by atoms with Gasteiger partial charge in [-0.25, -0.2) is 28.7 Å². The number of anilines is 2. The summed E-state index contributed by atoms with van der Waals surface area (Å²) in [5.74, 6) is -0.918.